The fourth-order valence-corrected chi connectivity index (χ4v) is 5.33. The summed E-state index contributed by atoms with van der Waals surface area (Å²) in [4.78, 5) is 12.5. The molecule has 23 heavy (non-hydrogen) atoms. The first-order chi connectivity index (χ1) is 10.7. The van der Waals surface area contributed by atoms with Crippen molar-refractivity contribution in [2.24, 2.45) is 5.41 Å². The predicted octanol–water partition coefficient (Wildman–Crippen LogP) is 2.27. The largest absolute Gasteiger partial charge is 0.351 e. The van der Waals surface area contributed by atoms with Gasteiger partial charge in [-0.25, -0.2) is 8.42 Å². The topological polar surface area (TPSA) is 63.2 Å². The molecular weight excluding hydrogens is 310 g/mol. The maximum Gasteiger partial charge on any atom is 0.221 e. The van der Waals surface area contributed by atoms with Crippen LogP contribution in [0.5, 0.6) is 0 Å². The van der Waals surface area contributed by atoms with Gasteiger partial charge in [-0.15, -0.1) is 0 Å². The van der Waals surface area contributed by atoms with Gasteiger partial charge in [-0.3, -0.25) is 4.79 Å². The molecule has 0 saturated heterocycles. The number of fused-ring (bicyclic) bond motifs is 1. The van der Waals surface area contributed by atoms with Crippen LogP contribution in [0.25, 0.3) is 0 Å². The molecule has 126 valence electrons. The third-order valence-corrected chi connectivity index (χ3v) is 6.28. The molecule has 1 N–H and O–H groups in total. The number of amides is 1. The Bertz CT molecular complexity index is 722. The lowest BCUT2D eigenvalue weighted by Crippen LogP contribution is -2.50. The highest BCUT2D eigenvalue weighted by Gasteiger charge is 2.47. The van der Waals surface area contributed by atoms with Crippen molar-refractivity contribution in [1.82, 2.24) is 5.32 Å². The van der Waals surface area contributed by atoms with Gasteiger partial charge < -0.3 is 5.32 Å². The number of rotatable bonds is 5. The van der Waals surface area contributed by atoms with Crippen molar-refractivity contribution in [1.29, 1.82) is 0 Å². The van der Waals surface area contributed by atoms with Gasteiger partial charge in [0.1, 0.15) is 9.84 Å². The van der Waals surface area contributed by atoms with E-state index in [0.29, 0.717) is 6.42 Å². The highest BCUT2D eigenvalue weighted by Crippen LogP contribution is 2.49. The molecule has 4 nitrogen and oxygen atoms in total. The summed E-state index contributed by atoms with van der Waals surface area (Å²) >= 11 is 0. The van der Waals surface area contributed by atoms with E-state index in [4.69, 9.17) is 0 Å². The summed E-state index contributed by atoms with van der Waals surface area (Å²) in [5, 5.41) is 3.18. The SMILES string of the molecule is C[C@@]1(NC(=O)CC2(CS(C)(=O)=O)CC2)CCc2ccccc2C1. The number of sulfone groups is 1. The maximum atomic E-state index is 12.5. The molecule has 0 spiro atoms. The van der Waals surface area contributed by atoms with Crippen molar-refractivity contribution < 1.29 is 13.2 Å². The molecule has 1 aromatic carbocycles. The van der Waals surface area contributed by atoms with Gasteiger partial charge in [-0.2, -0.15) is 0 Å². The predicted molar refractivity (Wildman–Crippen MR) is 91.0 cm³/mol. The Morgan fingerprint density at radius 3 is 2.43 bits per heavy atom. The molecule has 0 unspecified atom stereocenters. The Balaban J connectivity index is 1.62. The van der Waals surface area contributed by atoms with Crippen LogP contribution >= 0.6 is 0 Å². The lowest BCUT2D eigenvalue weighted by Gasteiger charge is -2.36. The second-order valence-electron chi connectivity index (χ2n) is 7.80. The number of carbonyl (C=O) groups excluding carboxylic acids is 1. The fourth-order valence-electron chi connectivity index (χ4n) is 3.83. The quantitative estimate of drug-likeness (QED) is 0.898. The summed E-state index contributed by atoms with van der Waals surface area (Å²) in [5.41, 5.74) is 2.14. The van der Waals surface area contributed by atoms with E-state index in [2.05, 4.69) is 30.4 Å². The lowest BCUT2D eigenvalue weighted by molar-refractivity contribution is -0.124. The van der Waals surface area contributed by atoms with Crippen LogP contribution < -0.4 is 5.32 Å². The van der Waals surface area contributed by atoms with Crippen molar-refractivity contribution in [2.45, 2.75) is 51.0 Å². The van der Waals surface area contributed by atoms with E-state index in [1.165, 1.54) is 17.4 Å². The summed E-state index contributed by atoms with van der Waals surface area (Å²) in [6.45, 7) is 2.09. The van der Waals surface area contributed by atoms with Gasteiger partial charge in [-0.05, 0) is 55.6 Å². The van der Waals surface area contributed by atoms with Crippen molar-refractivity contribution in [3.63, 3.8) is 0 Å². The highest BCUT2D eigenvalue weighted by molar-refractivity contribution is 7.90. The van der Waals surface area contributed by atoms with Crippen molar-refractivity contribution in [3.05, 3.63) is 35.4 Å². The van der Waals surface area contributed by atoms with Gasteiger partial charge in [0.15, 0.2) is 0 Å². The number of carbonyl (C=O) groups is 1. The second kappa shape index (κ2) is 5.62. The molecule has 1 aromatic rings. The molecule has 0 aliphatic heterocycles. The van der Waals surface area contributed by atoms with E-state index < -0.39 is 9.84 Å². The van der Waals surface area contributed by atoms with E-state index in [1.807, 2.05) is 6.07 Å². The van der Waals surface area contributed by atoms with Crippen LogP contribution in [-0.4, -0.2) is 31.9 Å². The molecule has 0 aromatic heterocycles. The lowest BCUT2D eigenvalue weighted by atomic mass is 9.79. The average molecular weight is 335 g/mol. The molecule has 1 saturated carbocycles. The normalized spacial score (nSPS) is 25.5. The van der Waals surface area contributed by atoms with E-state index in [-0.39, 0.29) is 22.6 Å². The van der Waals surface area contributed by atoms with Gasteiger partial charge in [0, 0.05) is 18.2 Å². The second-order valence-corrected chi connectivity index (χ2v) is 9.94. The molecule has 1 fully saturated rings. The maximum absolute atomic E-state index is 12.5. The Kier molecular flexibility index (Phi) is 4.03. The van der Waals surface area contributed by atoms with Gasteiger partial charge in [-0.1, -0.05) is 24.3 Å². The van der Waals surface area contributed by atoms with Crippen LogP contribution in [0, 0.1) is 5.41 Å². The van der Waals surface area contributed by atoms with E-state index in [1.54, 1.807) is 0 Å². The fraction of sp³-hybridized carbons (Fsp3) is 0.611. The zero-order valence-corrected chi connectivity index (χ0v) is 14.7. The van der Waals surface area contributed by atoms with Crippen molar-refractivity contribution >= 4 is 15.7 Å². The Labute approximate surface area is 138 Å². The first kappa shape index (κ1) is 16.5. The molecule has 1 atom stereocenters. The zero-order valence-electron chi connectivity index (χ0n) is 13.9. The van der Waals surface area contributed by atoms with E-state index in [9.17, 15) is 13.2 Å². The third kappa shape index (κ3) is 4.14. The van der Waals surface area contributed by atoms with Crippen LogP contribution in [0.1, 0.15) is 43.7 Å². The minimum absolute atomic E-state index is 0.00645. The summed E-state index contributed by atoms with van der Waals surface area (Å²) < 4.78 is 23.1. The Hall–Kier alpha value is -1.36. The van der Waals surface area contributed by atoms with Gasteiger partial charge in [0.05, 0.1) is 5.75 Å². The van der Waals surface area contributed by atoms with Crippen LogP contribution in [0.4, 0.5) is 0 Å². The van der Waals surface area contributed by atoms with Gasteiger partial charge in [0.2, 0.25) is 5.91 Å². The van der Waals surface area contributed by atoms with Crippen LogP contribution in [-0.2, 0) is 27.5 Å². The monoisotopic (exact) mass is 335 g/mol. The molecule has 0 radical (unpaired) electrons. The number of hydrogen-bond acceptors (Lipinski definition) is 3. The minimum atomic E-state index is -3.03. The first-order valence-electron chi connectivity index (χ1n) is 8.24. The summed E-state index contributed by atoms with van der Waals surface area (Å²) in [6, 6.07) is 8.38. The molecule has 0 bridgehead atoms. The van der Waals surface area contributed by atoms with Crippen LogP contribution in [0.15, 0.2) is 24.3 Å². The number of hydrogen-bond donors (Lipinski definition) is 1. The summed E-state index contributed by atoms with van der Waals surface area (Å²) in [7, 11) is -3.03. The smallest absolute Gasteiger partial charge is 0.221 e. The Morgan fingerprint density at radius 1 is 1.17 bits per heavy atom. The van der Waals surface area contributed by atoms with Gasteiger partial charge >= 0.3 is 0 Å². The zero-order chi connectivity index (χ0) is 16.7. The van der Waals surface area contributed by atoms with Crippen LogP contribution in [0.2, 0.25) is 0 Å². The number of aryl methyl sites for hydroxylation is 1. The molecule has 2 aliphatic carbocycles. The van der Waals surface area contributed by atoms with E-state index >= 15 is 0 Å². The Morgan fingerprint density at radius 2 is 1.83 bits per heavy atom. The molecule has 2 aliphatic rings. The minimum Gasteiger partial charge on any atom is -0.351 e. The molecular formula is C18H25NO3S. The standard InChI is InChI=1S/C18H25NO3S/c1-17(8-7-14-5-3-4-6-15(14)11-17)19-16(20)12-18(9-10-18)13-23(2,21)22/h3-6H,7-13H2,1-2H3,(H,19,20)/t17-/m1/s1. The first-order valence-corrected chi connectivity index (χ1v) is 10.3. The van der Waals surface area contributed by atoms with Crippen molar-refractivity contribution in [2.75, 3.05) is 12.0 Å². The third-order valence-electron chi connectivity index (χ3n) is 5.15. The molecule has 3 rings (SSSR count). The van der Waals surface area contributed by atoms with Gasteiger partial charge in [0.25, 0.3) is 0 Å². The summed E-state index contributed by atoms with van der Waals surface area (Å²) in [6.07, 6.45) is 6.01. The van der Waals surface area contributed by atoms with Crippen LogP contribution in [0.3, 0.4) is 0 Å². The average Bonchev–Trinajstić information content (AvgIpc) is 3.14. The molecule has 1 amide bonds. The molecule has 0 heterocycles. The summed E-state index contributed by atoms with van der Waals surface area (Å²) in [5.74, 6) is 0.125. The van der Waals surface area contributed by atoms with E-state index in [0.717, 1.165) is 32.1 Å². The number of benzene rings is 1. The molecule has 5 heteroatoms. The number of nitrogens with one attached hydrogen (secondary N) is 1. The highest BCUT2D eigenvalue weighted by atomic mass is 32.2. The van der Waals surface area contributed by atoms with Crippen molar-refractivity contribution in [3.8, 4) is 0 Å².